The number of rotatable bonds is 7. The van der Waals surface area contributed by atoms with Crippen LogP contribution in [-0.2, 0) is 6.42 Å². The molecule has 0 radical (unpaired) electrons. The largest absolute Gasteiger partial charge is 0.441 e. The van der Waals surface area contributed by atoms with E-state index in [1.807, 2.05) is 6.20 Å². The molecule has 3 heteroatoms. The Morgan fingerprint density at radius 1 is 1.15 bits per heavy atom. The van der Waals surface area contributed by atoms with E-state index in [-0.39, 0.29) is 0 Å². The molecule has 0 aliphatic carbocycles. The normalized spacial score (nSPS) is 10.9. The van der Waals surface area contributed by atoms with Crippen molar-refractivity contribution in [3.8, 4) is 11.3 Å². The first-order chi connectivity index (χ1) is 9.70. The van der Waals surface area contributed by atoms with Crippen molar-refractivity contribution in [1.82, 2.24) is 10.3 Å². The first-order valence-electron chi connectivity index (χ1n) is 7.43. The molecular formula is C17H24N2O. The van der Waals surface area contributed by atoms with Crippen LogP contribution in [0.3, 0.4) is 0 Å². The minimum Gasteiger partial charge on any atom is -0.441 e. The molecule has 1 aromatic heterocycles. The summed E-state index contributed by atoms with van der Waals surface area (Å²) in [7, 11) is 0. The van der Waals surface area contributed by atoms with Gasteiger partial charge in [-0.3, -0.25) is 0 Å². The van der Waals surface area contributed by atoms with Crippen LogP contribution in [0, 0.1) is 13.8 Å². The van der Waals surface area contributed by atoms with E-state index in [0.29, 0.717) is 0 Å². The predicted molar refractivity (Wildman–Crippen MR) is 82.9 cm³/mol. The van der Waals surface area contributed by atoms with Gasteiger partial charge in [-0.2, -0.15) is 0 Å². The van der Waals surface area contributed by atoms with Gasteiger partial charge in [0.2, 0.25) is 0 Å². The highest BCUT2D eigenvalue weighted by Gasteiger charge is 2.07. The smallest absolute Gasteiger partial charge is 0.194 e. The van der Waals surface area contributed by atoms with E-state index in [2.05, 4.69) is 49.3 Å². The van der Waals surface area contributed by atoms with Gasteiger partial charge in [-0.25, -0.2) is 4.98 Å². The van der Waals surface area contributed by atoms with Gasteiger partial charge in [0.25, 0.3) is 0 Å². The lowest BCUT2D eigenvalue weighted by Gasteiger charge is -2.02. The molecule has 0 fully saturated rings. The maximum absolute atomic E-state index is 5.83. The Morgan fingerprint density at radius 2 is 2.00 bits per heavy atom. The van der Waals surface area contributed by atoms with Crippen molar-refractivity contribution in [2.45, 2.75) is 40.0 Å². The first kappa shape index (κ1) is 14.8. The Morgan fingerprint density at radius 3 is 2.75 bits per heavy atom. The van der Waals surface area contributed by atoms with Gasteiger partial charge in [0.15, 0.2) is 11.7 Å². The summed E-state index contributed by atoms with van der Waals surface area (Å²) < 4.78 is 5.83. The summed E-state index contributed by atoms with van der Waals surface area (Å²) in [5.74, 6) is 1.70. The van der Waals surface area contributed by atoms with Crippen molar-refractivity contribution in [1.29, 1.82) is 0 Å². The van der Waals surface area contributed by atoms with E-state index in [1.54, 1.807) is 0 Å². The Labute approximate surface area is 121 Å². The molecule has 1 heterocycles. The Bertz CT molecular complexity index is 546. The molecule has 0 spiro atoms. The second-order valence-electron chi connectivity index (χ2n) is 5.27. The minimum absolute atomic E-state index is 0.830. The standard InChI is InChI=1S/C17H24N2O/c1-4-9-18-10-5-6-17-19-12-16(20-17)15-8-7-13(2)14(3)11-15/h7-8,11-12,18H,4-6,9-10H2,1-3H3. The van der Waals surface area contributed by atoms with Crippen LogP contribution < -0.4 is 5.32 Å². The molecule has 1 aromatic carbocycles. The molecule has 2 rings (SSSR count). The monoisotopic (exact) mass is 272 g/mol. The molecule has 0 unspecified atom stereocenters. The number of oxazole rings is 1. The highest BCUT2D eigenvalue weighted by atomic mass is 16.4. The van der Waals surface area contributed by atoms with Gasteiger partial charge in [-0.15, -0.1) is 0 Å². The molecular weight excluding hydrogens is 248 g/mol. The molecule has 1 N–H and O–H groups in total. The fourth-order valence-electron chi connectivity index (χ4n) is 2.12. The molecule has 0 atom stereocenters. The summed E-state index contributed by atoms with van der Waals surface area (Å²) in [4.78, 5) is 4.37. The van der Waals surface area contributed by atoms with Gasteiger partial charge in [-0.05, 0) is 57.0 Å². The third-order valence-electron chi connectivity index (χ3n) is 3.52. The third kappa shape index (κ3) is 3.94. The number of aromatic nitrogens is 1. The van der Waals surface area contributed by atoms with Gasteiger partial charge >= 0.3 is 0 Å². The summed E-state index contributed by atoms with van der Waals surface area (Å²) in [6, 6.07) is 6.37. The average molecular weight is 272 g/mol. The van der Waals surface area contributed by atoms with Crippen molar-refractivity contribution in [3.63, 3.8) is 0 Å². The number of benzene rings is 1. The van der Waals surface area contributed by atoms with Crippen molar-refractivity contribution >= 4 is 0 Å². The molecule has 3 nitrogen and oxygen atoms in total. The highest BCUT2D eigenvalue weighted by molar-refractivity contribution is 5.58. The van der Waals surface area contributed by atoms with Gasteiger partial charge in [0.05, 0.1) is 6.20 Å². The van der Waals surface area contributed by atoms with Crippen LogP contribution in [0.1, 0.15) is 36.8 Å². The zero-order chi connectivity index (χ0) is 14.4. The minimum atomic E-state index is 0.830. The van der Waals surface area contributed by atoms with E-state index in [9.17, 15) is 0 Å². The van der Waals surface area contributed by atoms with Gasteiger partial charge in [0.1, 0.15) is 0 Å². The molecule has 0 saturated heterocycles. The van der Waals surface area contributed by atoms with Crippen molar-refractivity contribution < 1.29 is 4.42 Å². The SMILES string of the molecule is CCCNCCCc1ncc(-c2ccc(C)c(C)c2)o1. The molecule has 108 valence electrons. The molecule has 2 aromatic rings. The lowest BCUT2D eigenvalue weighted by atomic mass is 10.1. The molecule has 0 saturated carbocycles. The van der Waals surface area contributed by atoms with Crippen molar-refractivity contribution in [3.05, 3.63) is 41.4 Å². The first-order valence-corrected chi connectivity index (χ1v) is 7.43. The zero-order valence-electron chi connectivity index (χ0n) is 12.7. The van der Waals surface area contributed by atoms with E-state index in [4.69, 9.17) is 4.42 Å². The Hall–Kier alpha value is -1.61. The third-order valence-corrected chi connectivity index (χ3v) is 3.52. The lowest BCUT2D eigenvalue weighted by molar-refractivity contribution is 0.491. The van der Waals surface area contributed by atoms with Crippen LogP contribution in [0.4, 0.5) is 0 Å². The molecule has 20 heavy (non-hydrogen) atoms. The lowest BCUT2D eigenvalue weighted by Crippen LogP contribution is -2.16. The highest BCUT2D eigenvalue weighted by Crippen LogP contribution is 2.23. The Kier molecular flexibility index (Phi) is 5.36. The van der Waals surface area contributed by atoms with Gasteiger partial charge in [-0.1, -0.05) is 19.1 Å². The number of nitrogens with zero attached hydrogens (tertiary/aromatic N) is 1. The van der Waals surface area contributed by atoms with Crippen LogP contribution in [0.15, 0.2) is 28.8 Å². The maximum atomic E-state index is 5.83. The van der Waals surface area contributed by atoms with Crippen LogP contribution in [0.2, 0.25) is 0 Å². The maximum Gasteiger partial charge on any atom is 0.194 e. The molecule has 0 bridgehead atoms. The van der Waals surface area contributed by atoms with E-state index >= 15 is 0 Å². The zero-order valence-corrected chi connectivity index (χ0v) is 12.7. The van der Waals surface area contributed by atoms with Gasteiger partial charge in [0, 0.05) is 12.0 Å². The predicted octanol–water partition coefficient (Wildman–Crippen LogP) is 3.89. The van der Waals surface area contributed by atoms with E-state index in [0.717, 1.165) is 43.1 Å². The second-order valence-corrected chi connectivity index (χ2v) is 5.27. The summed E-state index contributed by atoms with van der Waals surface area (Å²) in [5.41, 5.74) is 3.69. The fourth-order valence-corrected chi connectivity index (χ4v) is 2.12. The quantitative estimate of drug-likeness (QED) is 0.777. The fraction of sp³-hybridized carbons (Fsp3) is 0.471. The summed E-state index contributed by atoms with van der Waals surface area (Å²) in [6.45, 7) is 8.52. The average Bonchev–Trinajstić information content (AvgIpc) is 2.90. The summed E-state index contributed by atoms with van der Waals surface area (Å²) >= 11 is 0. The summed E-state index contributed by atoms with van der Waals surface area (Å²) in [6.07, 6.45) is 4.96. The summed E-state index contributed by atoms with van der Waals surface area (Å²) in [5, 5.41) is 3.39. The molecule has 0 amide bonds. The molecule has 0 aliphatic heterocycles. The van der Waals surface area contributed by atoms with Gasteiger partial charge < -0.3 is 9.73 Å². The van der Waals surface area contributed by atoms with Crippen LogP contribution >= 0.6 is 0 Å². The van der Waals surface area contributed by atoms with E-state index in [1.165, 1.54) is 17.5 Å². The van der Waals surface area contributed by atoms with Crippen LogP contribution in [0.25, 0.3) is 11.3 Å². The molecule has 0 aliphatic rings. The van der Waals surface area contributed by atoms with Crippen molar-refractivity contribution in [2.75, 3.05) is 13.1 Å². The van der Waals surface area contributed by atoms with E-state index < -0.39 is 0 Å². The number of hydrogen-bond acceptors (Lipinski definition) is 3. The Balaban J connectivity index is 1.93. The number of hydrogen-bond donors (Lipinski definition) is 1. The number of nitrogens with one attached hydrogen (secondary N) is 1. The van der Waals surface area contributed by atoms with Crippen molar-refractivity contribution in [2.24, 2.45) is 0 Å². The number of aryl methyl sites for hydroxylation is 3. The van der Waals surface area contributed by atoms with Crippen LogP contribution in [0.5, 0.6) is 0 Å². The van der Waals surface area contributed by atoms with Crippen LogP contribution in [-0.4, -0.2) is 18.1 Å². The second kappa shape index (κ2) is 7.25. The topological polar surface area (TPSA) is 38.1 Å².